The molecule has 1 aromatic carbocycles. The number of halogens is 2. The Balaban J connectivity index is 0.000000293. The van der Waals surface area contributed by atoms with Crippen molar-refractivity contribution in [3.8, 4) is 11.1 Å². The van der Waals surface area contributed by atoms with Crippen LogP contribution in [0.3, 0.4) is 0 Å². The number of phosphoric acid groups is 1. The lowest BCUT2D eigenvalue weighted by Gasteiger charge is -2.07. The van der Waals surface area contributed by atoms with Crippen molar-refractivity contribution in [3.05, 3.63) is 50.8 Å². The second-order valence-corrected chi connectivity index (χ2v) is 7.08. The zero-order chi connectivity index (χ0) is 20.8. The van der Waals surface area contributed by atoms with Crippen molar-refractivity contribution in [1.82, 2.24) is 4.98 Å². The number of hydrogen-bond acceptors (Lipinski definition) is 6. The minimum Gasteiger partial charge on any atom is -0.383 e. The van der Waals surface area contributed by atoms with Gasteiger partial charge in [-0.3, -0.25) is 19.4 Å². The van der Waals surface area contributed by atoms with Gasteiger partial charge >= 0.3 is 7.82 Å². The first-order chi connectivity index (χ1) is 12.4. The van der Waals surface area contributed by atoms with Crippen LogP contribution < -0.4 is 0 Å². The molecule has 0 amide bonds. The van der Waals surface area contributed by atoms with E-state index in [9.17, 15) is 19.5 Å². The van der Waals surface area contributed by atoms with Crippen LogP contribution in [0.25, 0.3) is 11.1 Å². The van der Waals surface area contributed by atoms with Crippen molar-refractivity contribution >= 4 is 42.5 Å². The number of Topliss-reactive ketones (excluding diaryl/α,β-unsaturated/α-hetero) is 1. The molecule has 1 atom stereocenters. The molecule has 0 bridgehead atoms. The van der Waals surface area contributed by atoms with Crippen LogP contribution in [0.5, 0.6) is 0 Å². The predicted octanol–water partition coefficient (Wildman–Crippen LogP) is 2.94. The van der Waals surface area contributed by atoms with E-state index in [-0.39, 0.29) is 10.7 Å². The molecular weight excluding hydrogens is 426 g/mol. The number of nitro groups is 1. The number of aliphatic hydroxyl groups is 1. The predicted molar refractivity (Wildman–Crippen MR) is 97.6 cm³/mol. The molecule has 0 aliphatic rings. The van der Waals surface area contributed by atoms with Crippen molar-refractivity contribution in [3.63, 3.8) is 0 Å². The summed E-state index contributed by atoms with van der Waals surface area (Å²) in [5, 5.41) is 20.1. The summed E-state index contributed by atoms with van der Waals surface area (Å²) in [6.45, 7) is 0.410. The van der Waals surface area contributed by atoms with Crippen LogP contribution in [0.1, 0.15) is 6.92 Å². The SMILES string of the molecule is CC(=O)C(O)COP(=O)(O)O.O=[N+]([O-])c1c(Cl)cccc1-c1c[nH]cc1Cl. The fourth-order valence-electron chi connectivity index (χ4n) is 1.75. The molecule has 10 nitrogen and oxygen atoms in total. The largest absolute Gasteiger partial charge is 0.469 e. The molecule has 1 unspecified atom stereocenters. The Labute approximate surface area is 163 Å². The maximum atomic E-state index is 10.9. The molecule has 0 aliphatic heterocycles. The van der Waals surface area contributed by atoms with Crippen LogP contribution in [0.2, 0.25) is 10.0 Å². The van der Waals surface area contributed by atoms with Crippen LogP contribution in [-0.4, -0.2) is 43.3 Å². The first kappa shape index (κ1) is 23.3. The zero-order valence-corrected chi connectivity index (χ0v) is 16.1. The molecule has 13 heteroatoms. The third-order valence-corrected chi connectivity index (χ3v) is 4.13. The summed E-state index contributed by atoms with van der Waals surface area (Å²) in [5.74, 6) is -0.599. The van der Waals surface area contributed by atoms with Gasteiger partial charge in [-0.15, -0.1) is 0 Å². The Morgan fingerprint density at radius 1 is 1.30 bits per heavy atom. The summed E-state index contributed by atoms with van der Waals surface area (Å²) >= 11 is 11.7. The average molecular weight is 441 g/mol. The van der Waals surface area contributed by atoms with Crippen LogP contribution in [-0.2, 0) is 13.9 Å². The maximum Gasteiger partial charge on any atom is 0.469 e. The van der Waals surface area contributed by atoms with Gasteiger partial charge in [0.05, 0.1) is 22.1 Å². The van der Waals surface area contributed by atoms with E-state index < -0.39 is 31.2 Å². The van der Waals surface area contributed by atoms with Crippen LogP contribution in [0.4, 0.5) is 5.69 Å². The van der Waals surface area contributed by atoms with Crippen LogP contribution in [0.15, 0.2) is 30.6 Å². The third-order valence-electron chi connectivity index (χ3n) is 3.02. The monoisotopic (exact) mass is 440 g/mol. The molecule has 1 aromatic heterocycles. The Bertz CT molecular complexity index is 867. The lowest BCUT2D eigenvalue weighted by molar-refractivity contribution is -0.384. The van der Waals surface area contributed by atoms with Crippen molar-refractivity contribution in [1.29, 1.82) is 0 Å². The van der Waals surface area contributed by atoms with Gasteiger partial charge in [-0.25, -0.2) is 4.57 Å². The molecule has 4 N–H and O–H groups in total. The number of rotatable bonds is 6. The number of nitrogens with one attached hydrogen (secondary N) is 1. The third kappa shape index (κ3) is 7.39. The quantitative estimate of drug-likeness (QED) is 0.302. The molecule has 2 aromatic rings. The number of aromatic amines is 1. The molecule has 0 fully saturated rings. The van der Waals surface area contributed by atoms with Crippen LogP contribution in [0, 0.1) is 10.1 Å². The molecule has 2 rings (SSSR count). The Morgan fingerprint density at radius 3 is 2.37 bits per heavy atom. The molecule has 0 aliphatic carbocycles. The van der Waals surface area contributed by atoms with Crippen molar-refractivity contribution in [2.24, 2.45) is 0 Å². The number of H-pyrrole nitrogens is 1. The van der Waals surface area contributed by atoms with Gasteiger partial charge in [-0.05, 0) is 19.1 Å². The number of carbonyl (C=O) groups excluding carboxylic acids is 1. The number of hydrogen-bond donors (Lipinski definition) is 4. The Morgan fingerprint density at radius 2 is 1.93 bits per heavy atom. The number of aliphatic hydroxyl groups excluding tert-OH is 1. The summed E-state index contributed by atoms with van der Waals surface area (Å²) in [5.41, 5.74) is 0.838. The van der Waals surface area contributed by atoms with Gasteiger partial charge in [0, 0.05) is 18.0 Å². The van der Waals surface area contributed by atoms with Crippen molar-refractivity contribution in [2.45, 2.75) is 13.0 Å². The minimum atomic E-state index is -4.57. The second-order valence-electron chi connectivity index (χ2n) is 5.02. The number of aromatic nitrogens is 1. The Hall–Kier alpha value is -1.78. The fraction of sp³-hybridized carbons (Fsp3) is 0.214. The highest BCUT2D eigenvalue weighted by atomic mass is 35.5. The lowest BCUT2D eigenvalue weighted by Crippen LogP contribution is -2.22. The van der Waals surface area contributed by atoms with Gasteiger partial charge in [0.1, 0.15) is 11.1 Å². The first-order valence-corrected chi connectivity index (χ1v) is 9.36. The standard InChI is InChI=1S/C10H6Cl2N2O2.C4H9O6P/c11-8-3-1-2-6(10(8)14(15)16)7-4-13-5-9(7)12;1-3(5)4(6)2-10-11(7,8)9/h1-5,13H;4,6H,2H2,1H3,(H2,7,8,9). The minimum absolute atomic E-state index is 0.0970. The fourth-order valence-corrected chi connectivity index (χ4v) is 2.55. The van der Waals surface area contributed by atoms with E-state index in [2.05, 4.69) is 9.51 Å². The van der Waals surface area contributed by atoms with E-state index in [4.69, 9.17) is 38.1 Å². The van der Waals surface area contributed by atoms with E-state index in [1.807, 2.05) is 0 Å². The van der Waals surface area contributed by atoms with E-state index in [0.29, 0.717) is 16.1 Å². The van der Waals surface area contributed by atoms with Gasteiger partial charge < -0.3 is 19.9 Å². The highest BCUT2D eigenvalue weighted by molar-refractivity contribution is 7.46. The molecule has 0 saturated heterocycles. The molecule has 0 saturated carbocycles. The molecule has 0 radical (unpaired) electrons. The van der Waals surface area contributed by atoms with Gasteiger partial charge in [-0.1, -0.05) is 29.3 Å². The molecular formula is C14H15Cl2N2O8P. The number of ketones is 1. The highest BCUT2D eigenvalue weighted by Crippen LogP contribution is 2.38. The second kappa shape index (κ2) is 9.95. The first-order valence-electron chi connectivity index (χ1n) is 7.08. The van der Waals surface area contributed by atoms with Gasteiger partial charge in [0.25, 0.3) is 5.69 Å². The maximum absolute atomic E-state index is 10.9. The highest BCUT2D eigenvalue weighted by Gasteiger charge is 2.21. The van der Waals surface area contributed by atoms with Crippen LogP contribution >= 0.6 is 31.0 Å². The van der Waals surface area contributed by atoms with Crippen molar-refractivity contribution < 1.29 is 33.7 Å². The van der Waals surface area contributed by atoms with E-state index in [1.165, 1.54) is 6.07 Å². The average Bonchev–Trinajstić information content (AvgIpc) is 2.97. The van der Waals surface area contributed by atoms with E-state index in [1.54, 1.807) is 24.5 Å². The van der Waals surface area contributed by atoms with E-state index >= 15 is 0 Å². The van der Waals surface area contributed by atoms with Gasteiger partial charge in [0.15, 0.2) is 5.78 Å². The summed E-state index contributed by atoms with van der Waals surface area (Å²) in [6.07, 6.45) is 1.69. The summed E-state index contributed by atoms with van der Waals surface area (Å²) < 4.78 is 13.9. The number of nitrogens with zero attached hydrogens (tertiary/aromatic N) is 1. The summed E-state index contributed by atoms with van der Waals surface area (Å²) in [4.78, 5) is 39.7. The summed E-state index contributed by atoms with van der Waals surface area (Å²) in [6, 6.07) is 4.73. The number of carbonyl (C=O) groups is 1. The number of phosphoric ester groups is 1. The van der Waals surface area contributed by atoms with E-state index in [0.717, 1.165) is 6.92 Å². The van der Waals surface area contributed by atoms with Gasteiger partial charge in [0.2, 0.25) is 0 Å². The topological polar surface area (TPSA) is 163 Å². The summed E-state index contributed by atoms with van der Waals surface area (Å²) in [7, 11) is -4.57. The normalized spacial score (nSPS) is 12.1. The van der Waals surface area contributed by atoms with Gasteiger partial charge in [-0.2, -0.15) is 0 Å². The molecule has 27 heavy (non-hydrogen) atoms. The smallest absolute Gasteiger partial charge is 0.383 e. The Kier molecular flexibility index (Phi) is 8.58. The zero-order valence-electron chi connectivity index (χ0n) is 13.7. The van der Waals surface area contributed by atoms with Crippen molar-refractivity contribution in [2.75, 3.05) is 6.61 Å². The number of nitro benzene ring substituents is 1. The number of benzene rings is 1. The lowest BCUT2D eigenvalue weighted by atomic mass is 10.1. The molecule has 148 valence electrons. The molecule has 0 spiro atoms. The number of para-hydroxylation sites is 1. The molecule has 1 heterocycles.